The lowest BCUT2D eigenvalue weighted by molar-refractivity contribution is 0.171. The van der Waals surface area contributed by atoms with Crippen molar-refractivity contribution in [1.82, 2.24) is 5.32 Å². The molecule has 0 aromatic rings. The van der Waals surface area contributed by atoms with E-state index >= 15 is 0 Å². The zero-order valence-corrected chi connectivity index (χ0v) is 12.3. The van der Waals surface area contributed by atoms with E-state index < -0.39 is 0 Å². The molecule has 2 nitrogen and oxygen atoms in total. The van der Waals surface area contributed by atoms with Gasteiger partial charge in [-0.1, -0.05) is 20.8 Å². The van der Waals surface area contributed by atoms with Crippen LogP contribution in [0.15, 0.2) is 11.8 Å². The summed E-state index contributed by atoms with van der Waals surface area (Å²) in [6.07, 6.45) is 7.03. The molecule has 0 spiro atoms. The molecule has 2 atom stereocenters. The van der Waals surface area contributed by atoms with Crippen molar-refractivity contribution in [2.24, 2.45) is 0 Å². The van der Waals surface area contributed by atoms with Crippen LogP contribution in [0.4, 0.5) is 0 Å². The minimum atomic E-state index is 0.411. The first-order valence-electron chi connectivity index (χ1n) is 6.95. The van der Waals surface area contributed by atoms with E-state index in [1.807, 2.05) is 11.8 Å². The summed E-state index contributed by atoms with van der Waals surface area (Å²) in [5, 5.41) is 4.35. The Labute approximate surface area is 111 Å². The monoisotopic (exact) mass is 257 g/mol. The zero-order chi connectivity index (χ0) is 12.5. The third-order valence-electron chi connectivity index (χ3n) is 3.07. The molecule has 0 amide bonds. The molecule has 100 valence electrons. The zero-order valence-electron chi connectivity index (χ0n) is 11.5. The van der Waals surface area contributed by atoms with Crippen LogP contribution in [0.5, 0.6) is 0 Å². The lowest BCUT2D eigenvalue weighted by atomic mass is 10.1. The molecule has 1 heterocycles. The van der Waals surface area contributed by atoms with Crippen molar-refractivity contribution in [2.75, 3.05) is 18.9 Å². The summed E-state index contributed by atoms with van der Waals surface area (Å²) in [5.41, 5.74) is 0. The van der Waals surface area contributed by atoms with E-state index in [4.69, 9.17) is 4.74 Å². The molecule has 0 aliphatic carbocycles. The van der Waals surface area contributed by atoms with Gasteiger partial charge < -0.3 is 10.1 Å². The maximum Gasteiger partial charge on any atom is 0.110 e. The average Bonchev–Trinajstić information content (AvgIpc) is 2.39. The van der Waals surface area contributed by atoms with Crippen molar-refractivity contribution in [3.63, 3.8) is 0 Å². The highest BCUT2D eigenvalue weighted by Crippen LogP contribution is 2.21. The quantitative estimate of drug-likeness (QED) is 0.718. The highest BCUT2D eigenvalue weighted by atomic mass is 32.2. The van der Waals surface area contributed by atoms with E-state index in [1.165, 1.54) is 31.4 Å². The number of thioether (sulfide) groups is 1. The summed E-state index contributed by atoms with van der Waals surface area (Å²) < 4.78 is 5.79. The van der Waals surface area contributed by atoms with Crippen LogP contribution >= 0.6 is 11.8 Å². The maximum absolute atomic E-state index is 5.79. The SMILES string of the molecule is CCCNC(CSC(C)CC)C1=CCCCO1. The molecule has 0 aromatic heterocycles. The second kappa shape index (κ2) is 8.87. The van der Waals surface area contributed by atoms with E-state index in [9.17, 15) is 0 Å². The van der Waals surface area contributed by atoms with Crippen LogP contribution in [0.25, 0.3) is 0 Å². The molecular weight excluding hydrogens is 230 g/mol. The van der Waals surface area contributed by atoms with Gasteiger partial charge in [-0.25, -0.2) is 0 Å². The van der Waals surface area contributed by atoms with Crippen molar-refractivity contribution >= 4 is 11.8 Å². The number of hydrogen-bond acceptors (Lipinski definition) is 3. The molecule has 1 N–H and O–H groups in total. The summed E-state index contributed by atoms with van der Waals surface area (Å²) in [7, 11) is 0. The van der Waals surface area contributed by atoms with Crippen molar-refractivity contribution < 1.29 is 4.74 Å². The second-order valence-electron chi connectivity index (χ2n) is 4.66. The standard InChI is InChI=1S/C14H27NOS/c1-4-9-15-13(11-17-12(3)5-2)14-8-6-7-10-16-14/h8,12-13,15H,4-7,9-11H2,1-3H3. The van der Waals surface area contributed by atoms with Gasteiger partial charge in [-0.15, -0.1) is 0 Å². The highest BCUT2D eigenvalue weighted by molar-refractivity contribution is 7.99. The largest absolute Gasteiger partial charge is 0.497 e. The van der Waals surface area contributed by atoms with Crippen LogP contribution in [-0.4, -0.2) is 30.2 Å². The van der Waals surface area contributed by atoms with E-state index in [-0.39, 0.29) is 0 Å². The Morgan fingerprint density at radius 2 is 2.29 bits per heavy atom. The van der Waals surface area contributed by atoms with Crippen molar-refractivity contribution in [1.29, 1.82) is 0 Å². The predicted molar refractivity (Wildman–Crippen MR) is 77.6 cm³/mol. The van der Waals surface area contributed by atoms with Crippen LogP contribution in [0.1, 0.15) is 46.5 Å². The normalized spacial score (nSPS) is 19.4. The molecule has 3 heteroatoms. The van der Waals surface area contributed by atoms with E-state index in [0.717, 1.165) is 24.2 Å². The molecule has 2 unspecified atom stereocenters. The molecular formula is C14H27NOS. The average molecular weight is 257 g/mol. The number of rotatable bonds is 8. The van der Waals surface area contributed by atoms with Crippen LogP contribution in [0.2, 0.25) is 0 Å². The van der Waals surface area contributed by atoms with Gasteiger partial charge >= 0.3 is 0 Å². The molecule has 17 heavy (non-hydrogen) atoms. The highest BCUT2D eigenvalue weighted by Gasteiger charge is 2.18. The third kappa shape index (κ3) is 5.82. The Hall–Kier alpha value is -0.150. The first-order chi connectivity index (χ1) is 8.27. The summed E-state index contributed by atoms with van der Waals surface area (Å²) in [6, 6.07) is 0.411. The maximum atomic E-state index is 5.79. The van der Waals surface area contributed by atoms with E-state index in [1.54, 1.807) is 0 Å². The molecule has 0 saturated heterocycles. The Morgan fingerprint density at radius 3 is 2.88 bits per heavy atom. The fourth-order valence-electron chi connectivity index (χ4n) is 1.76. The van der Waals surface area contributed by atoms with Crippen molar-refractivity contribution in [3.8, 4) is 0 Å². The first-order valence-corrected chi connectivity index (χ1v) is 8.00. The molecule has 1 aliphatic rings. The minimum Gasteiger partial charge on any atom is -0.497 e. The van der Waals surface area contributed by atoms with Crippen molar-refractivity contribution in [3.05, 3.63) is 11.8 Å². The molecule has 0 fully saturated rings. The van der Waals surface area contributed by atoms with E-state index in [2.05, 4.69) is 32.2 Å². The van der Waals surface area contributed by atoms with Gasteiger partial charge in [-0.3, -0.25) is 0 Å². The first kappa shape index (κ1) is 14.9. The van der Waals surface area contributed by atoms with Crippen LogP contribution < -0.4 is 5.32 Å². The molecule has 0 radical (unpaired) electrons. The van der Waals surface area contributed by atoms with Crippen LogP contribution in [-0.2, 0) is 4.74 Å². The fraction of sp³-hybridized carbons (Fsp3) is 0.857. The Bertz CT molecular complexity index is 230. The third-order valence-corrected chi connectivity index (χ3v) is 4.50. The molecule has 0 saturated carbocycles. The Kier molecular flexibility index (Phi) is 7.78. The Balaban J connectivity index is 2.44. The Morgan fingerprint density at radius 1 is 1.47 bits per heavy atom. The molecule has 0 bridgehead atoms. The van der Waals surface area contributed by atoms with Crippen LogP contribution in [0.3, 0.4) is 0 Å². The van der Waals surface area contributed by atoms with E-state index in [0.29, 0.717) is 6.04 Å². The van der Waals surface area contributed by atoms with Gasteiger partial charge in [0.1, 0.15) is 5.76 Å². The predicted octanol–water partition coefficient (Wildman–Crippen LogP) is 3.58. The number of nitrogens with one attached hydrogen (secondary N) is 1. The van der Waals surface area contributed by atoms with Gasteiger partial charge in [0.25, 0.3) is 0 Å². The molecule has 1 rings (SSSR count). The summed E-state index contributed by atoms with van der Waals surface area (Å²) >= 11 is 2.05. The minimum absolute atomic E-state index is 0.411. The number of allylic oxidation sites excluding steroid dienone is 1. The van der Waals surface area contributed by atoms with Gasteiger partial charge in [0.2, 0.25) is 0 Å². The lowest BCUT2D eigenvalue weighted by Crippen LogP contribution is -2.36. The summed E-state index contributed by atoms with van der Waals surface area (Å²) in [4.78, 5) is 0. The van der Waals surface area contributed by atoms with Gasteiger partial charge in [0, 0.05) is 11.0 Å². The van der Waals surface area contributed by atoms with Gasteiger partial charge in [0.05, 0.1) is 12.6 Å². The second-order valence-corrected chi connectivity index (χ2v) is 6.13. The molecule has 1 aliphatic heterocycles. The fourth-order valence-corrected chi connectivity index (χ4v) is 2.80. The smallest absolute Gasteiger partial charge is 0.110 e. The summed E-state index contributed by atoms with van der Waals surface area (Å²) in [6.45, 7) is 8.73. The number of ether oxygens (including phenoxy) is 1. The number of hydrogen-bond donors (Lipinski definition) is 1. The molecule has 0 aromatic carbocycles. The van der Waals surface area contributed by atoms with Gasteiger partial charge in [-0.2, -0.15) is 11.8 Å². The summed E-state index contributed by atoms with van der Waals surface area (Å²) in [5.74, 6) is 2.31. The topological polar surface area (TPSA) is 21.3 Å². The van der Waals surface area contributed by atoms with Crippen LogP contribution in [0, 0.1) is 0 Å². The van der Waals surface area contributed by atoms with Gasteiger partial charge in [-0.05, 0) is 38.3 Å². The van der Waals surface area contributed by atoms with Crippen molar-refractivity contribution in [2.45, 2.75) is 57.7 Å². The lowest BCUT2D eigenvalue weighted by Gasteiger charge is -2.25. The van der Waals surface area contributed by atoms with Gasteiger partial charge in [0.15, 0.2) is 0 Å².